The second kappa shape index (κ2) is 6.60. The molecule has 0 aliphatic rings. The van der Waals surface area contributed by atoms with Gasteiger partial charge in [0.05, 0.1) is 6.20 Å². The first-order valence-electron chi connectivity index (χ1n) is 6.31. The van der Waals surface area contributed by atoms with Gasteiger partial charge in [-0.25, -0.2) is 18.7 Å². The van der Waals surface area contributed by atoms with Crippen molar-refractivity contribution in [1.82, 2.24) is 14.9 Å². The van der Waals surface area contributed by atoms with Gasteiger partial charge in [-0.1, -0.05) is 6.07 Å². The molecule has 21 heavy (non-hydrogen) atoms. The lowest BCUT2D eigenvalue weighted by molar-refractivity contribution is -0.697. The summed E-state index contributed by atoms with van der Waals surface area (Å²) in [6, 6.07) is 4.89. The predicted octanol–water partition coefficient (Wildman–Crippen LogP) is -0.389. The molecule has 0 atom stereocenters. The van der Waals surface area contributed by atoms with Crippen molar-refractivity contribution in [3.05, 3.63) is 63.4 Å². The molecule has 8 heteroatoms. The van der Waals surface area contributed by atoms with Crippen molar-refractivity contribution in [2.45, 2.75) is 13.0 Å². The third-order valence-electron chi connectivity index (χ3n) is 2.76. The lowest BCUT2D eigenvalue weighted by Crippen LogP contribution is -2.41. The van der Waals surface area contributed by atoms with E-state index in [0.29, 0.717) is 30.3 Å². The Hall–Kier alpha value is -2.77. The van der Waals surface area contributed by atoms with E-state index in [0.717, 1.165) is 0 Å². The summed E-state index contributed by atoms with van der Waals surface area (Å²) in [5.74, 6) is -1.19. The summed E-state index contributed by atoms with van der Waals surface area (Å²) in [5.41, 5.74) is -2.12. The van der Waals surface area contributed by atoms with Crippen LogP contribution in [0.5, 0.6) is 0 Å². The van der Waals surface area contributed by atoms with Crippen LogP contribution in [0.25, 0.3) is 0 Å². The minimum Gasteiger partial charge on any atom is -0.337 e. The fraction of sp³-hybridized carbons (Fsp3) is 0.231. The van der Waals surface area contributed by atoms with Gasteiger partial charge in [0.2, 0.25) is 5.82 Å². The van der Waals surface area contributed by atoms with E-state index in [2.05, 4.69) is 5.32 Å². The van der Waals surface area contributed by atoms with Gasteiger partial charge in [-0.05, 0) is 0 Å². The van der Waals surface area contributed by atoms with Gasteiger partial charge in [0.1, 0.15) is 6.54 Å². The van der Waals surface area contributed by atoms with Crippen molar-refractivity contribution in [2.75, 3.05) is 6.54 Å². The molecule has 2 aromatic rings. The maximum Gasteiger partial charge on any atom is 0.336 e. The molecule has 0 aliphatic carbocycles. The Labute approximate surface area is 118 Å². The van der Waals surface area contributed by atoms with Crippen LogP contribution in [-0.4, -0.2) is 22.1 Å². The van der Waals surface area contributed by atoms with E-state index < -0.39 is 23.1 Å². The number of carbonyl (C=O) groups excluding carboxylic acids is 1. The van der Waals surface area contributed by atoms with Crippen LogP contribution in [0.2, 0.25) is 0 Å². The number of aromatic amines is 1. The highest BCUT2D eigenvalue weighted by molar-refractivity contribution is 5.76. The largest absolute Gasteiger partial charge is 0.337 e. The highest BCUT2D eigenvalue weighted by Gasteiger charge is 2.10. The molecule has 2 aromatic heterocycles. The summed E-state index contributed by atoms with van der Waals surface area (Å²) < 4.78 is 15.5. The number of aryl methyl sites for hydroxylation is 1. The predicted molar refractivity (Wildman–Crippen MR) is 71.3 cm³/mol. The fourth-order valence-corrected chi connectivity index (χ4v) is 1.72. The zero-order valence-corrected chi connectivity index (χ0v) is 11.1. The lowest BCUT2D eigenvalue weighted by Gasteiger charge is -2.05. The van der Waals surface area contributed by atoms with Gasteiger partial charge in [-0.2, -0.15) is 4.39 Å². The number of hydrogen-bond acceptors (Lipinski definition) is 3. The molecule has 7 nitrogen and oxygen atoms in total. The fourth-order valence-electron chi connectivity index (χ4n) is 1.72. The summed E-state index contributed by atoms with van der Waals surface area (Å²) in [5, 5.41) is 2.48. The second-order valence-electron chi connectivity index (χ2n) is 4.31. The summed E-state index contributed by atoms with van der Waals surface area (Å²) in [6.45, 7) is 1.00. The number of carbonyl (C=O) groups is 1. The van der Waals surface area contributed by atoms with Gasteiger partial charge in [-0.15, -0.1) is 0 Å². The summed E-state index contributed by atoms with van der Waals surface area (Å²) in [7, 11) is 0. The number of amides is 1. The number of nitrogens with one attached hydrogen (secondary N) is 2. The van der Waals surface area contributed by atoms with Crippen LogP contribution >= 0.6 is 0 Å². The number of H-pyrrole nitrogens is 1. The topological polar surface area (TPSA) is 87.8 Å². The van der Waals surface area contributed by atoms with Crippen LogP contribution in [-0.2, 0) is 6.54 Å². The summed E-state index contributed by atoms with van der Waals surface area (Å²) in [4.78, 5) is 35.6. The van der Waals surface area contributed by atoms with E-state index in [9.17, 15) is 18.8 Å². The third-order valence-corrected chi connectivity index (χ3v) is 2.76. The molecule has 2 rings (SSSR count). The number of pyridine rings is 1. The minimum absolute atomic E-state index is 0.313. The van der Waals surface area contributed by atoms with Crippen molar-refractivity contribution < 1.29 is 13.8 Å². The zero-order chi connectivity index (χ0) is 15.2. The van der Waals surface area contributed by atoms with Gasteiger partial charge in [0.25, 0.3) is 5.56 Å². The number of halogens is 1. The Morgan fingerprint density at radius 3 is 2.71 bits per heavy atom. The van der Waals surface area contributed by atoms with Crippen LogP contribution in [0.3, 0.4) is 0 Å². The van der Waals surface area contributed by atoms with Crippen molar-refractivity contribution in [3.63, 3.8) is 0 Å². The molecule has 0 aliphatic heterocycles. The molecule has 0 aromatic carbocycles. The standard InChI is InChI=1S/C13H13FN4O3/c14-10-9-18(13(21)16-11(10)19)12(20)15-5-4-8-17-6-2-1-3-7-17/h1-3,6-7,9H,4-5,8H2,(H-,15,16,19,20,21)/p+1. The second-order valence-corrected chi connectivity index (χ2v) is 4.31. The molecule has 0 spiro atoms. The minimum atomic E-state index is -1.19. The van der Waals surface area contributed by atoms with E-state index in [4.69, 9.17) is 0 Å². The molecule has 0 saturated heterocycles. The number of hydrogen-bond donors (Lipinski definition) is 2. The van der Waals surface area contributed by atoms with E-state index in [1.165, 1.54) is 0 Å². The first kappa shape index (κ1) is 14.6. The number of nitrogens with zero attached hydrogens (tertiary/aromatic N) is 2. The summed E-state index contributed by atoms with van der Waals surface area (Å²) in [6.07, 6.45) is 5.00. The van der Waals surface area contributed by atoms with Crippen molar-refractivity contribution in [3.8, 4) is 0 Å². The quantitative estimate of drug-likeness (QED) is 0.594. The molecular weight excluding hydrogens is 279 g/mol. The molecule has 110 valence electrons. The van der Waals surface area contributed by atoms with Crippen molar-refractivity contribution in [1.29, 1.82) is 0 Å². The SMILES string of the molecule is O=C(NCCC[n+]1ccccc1)n1cc(F)c(=O)[nH]c1=O. The van der Waals surface area contributed by atoms with Crippen LogP contribution in [0.1, 0.15) is 6.42 Å². The smallest absolute Gasteiger partial charge is 0.336 e. The number of aromatic nitrogens is 3. The summed E-state index contributed by atoms with van der Waals surface area (Å²) >= 11 is 0. The van der Waals surface area contributed by atoms with E-state index in [1.54, 1.807) is 4.98 Å². The normalized spacial score (nSPS) is 10.3. The van der Waals surface area contributed by atoms with Gasteiger partial charge < -0.3 is 5.32 Å². The molecule has 1 amide bonds. The maximum atomic E-state index is 13.0. The highest BCUT2D eigenvalue weighted by atomic mass is 19.1. The van der Waals surface area contributed by atoms with Crippen LogP contribution < -0.4 is 21.1 Å². The molecule has 2 N–H and O–H groups in total. The van der Waals surface area contributed by atoms with Crippen LogP contribution in [0.4, 0.5) is 9.18 Å². The zero-order valence-electron chi connectivity index (χ0n) is 11.1. The molecule has 0 fully saturated rings. The molecule has 0 unspecified atom stereocenters. The average molecular weight is 293 g/mol. The first-order valence-corrected chi connectivity index (χ1v) is 6.31. The number of rotatable bonds is 4. The van der Waals surface area contributed by atoms with Gasteiger partial charge in [-0.3, -0.25) is 9.78 Å². The first-order chi connectivity index (χ1) is 10.1. The molecule has 0 bridgehead atoms. The molecule has 0 saturated carbocycles. The Bertz CT molecular complexity index is 739. The highest BCUT2D eigenvalue weighted by Crippen LogP contribution is 1.85. The maximum absolute atomic E-state index is 13.0. The van der Waals surface area contributed by atoms with E-state index in [-0.39, 0.29) is 0 Å². The van der Waals surface area contributed by atoms with Crippen molar-refractivity contribution in [2.24, 2.45) is 0 Å². The Kier molecular flexibility index (Phi) is 4.60. The average Bonchev–Trinajstić information content (AvgIpc) is 2.48. The van der Waals surface area contributed by atoms with Crippen LogP contribution in [0.15, 0.2) is 46.4 Å². The van der Waals surface area contributed by atoms with Crippen LogP contribution in [0, 0.1) is 5.82 Å². The Morgan fingerprint density at radius 2 is 2.00 bits per heavy atom. The molecular formula is C13H14FN4O3+. The molecule has 2 heterocycles. The third kappa shape index (κ3) is 3.85. The van der Waals surface area contributed by atoms with E-state index >= 15 is 0 Å². The van der Waals surface area contributed by atoms with Gasteiger partial charge in [0.15, 0.2) is 12.4 Å². The Balaban J connectivity index is 1.89. The lowest BCUT2D eigenvalue weighted by atomic mass is 10.4. The molecule has 0 radical (unpaired) electrons. The van der Waals surface area contributed by atoms with Gasteiger partial charge in [0, 0.05) is 25.1 Å². The van der Waals surface area contributed by atoms with E-state index in [1.807, 2.05) is 35.2 Å². The van der Waals surface area contributed by atoms with Crippen molar-refractivity contribution >= 4 is 6.03 Å². The Morgan fingerprint density at radius 1 is 1.29 bits per heavy atom. The monoisotopic (exact) mass is 293 g/mol. The van der Waals surface area contributed by atoms with Gasteiger partial charge >= 0.3 is 11.7 Å².